The zero-order valence-corrected chi connectivity index (χ0v) is 12.9. The van der Waals surface area contributed by atoms with Crippen molar-refractivity contribution in [3.63, 3.8) is 0 Å². The number of anilines is 1. The Morgan fingerprint density at radius 2 is 1.95 bits per heavy atom. The van der Waals surface area contributed by atoms with Gasteiger partial charge in [-0.15, -0.1) is 0 Å². The van der Waals surface area contributed by atoms with Crippen molar-refractivity contribution < 1.29 is 9.47 Å². The van der Waals surface area contributed by atoms with Crippen LogP contribution in [0.3, 0.4) is 0 Å². The minimum absolute atomic E-state index is 0.341. The lowest BCUT2D eigenvalue weighted by molar-refractivity contribution is -0.0626. The molecular weight excluding hydrogens is 266 g/mol. The Morgan fingerprint density at radius 1 is 1.19 bits per heavy atom. The molecule has 21 heavy (non-hydrogen) atoms. The Morgan fingerprint density at radius 3 is 2.67 bits per heavy atom. The highest BCUT2D eigenvalue weighted by Crippen LogP contribution is 2.38. The van der Waals surface area contributed by atoms with Crippen LogP contribution < -0.4 is 5.73 Å². The number of hydrogen-bond donors (Lipinski definition) is 1. The molecular formula is C16H25N3O2. The summed E-state index contributed by atoms with van der Waals surface area (Å²) in [5, 5.41) is 0. The number of hydrogen-bond acceptors (Lipinski definition) is 5. The summed E-state index contributed by atoms with van der Waals surface area (Å²) in [6, 6.07) is 0. The van der Waals surface area contributed by atoms with Crippen molar-refractivity contribution in [2.24, 2.45) is 0 Å². The summed E-state index contributed by atoms with van der Waals surface area (Å²) in [6.45, 7) is 3.97. The van der Waals surface area contributed by atoms with Crippen LogP contribution in [0.2, 0.25) is 0 Å². The van der Waals surface area contributed by atoms with E-state index < -0.39 is 0 Å². The molecule has 0 bridgehead atoms. The van der Waals surface area contributed by atoms with E-state index in [0.717, 1.165) is 36.3 Å². The predicted octanol–water partition coefficient (Wildman–Crippen LogP) is 2.72. The Balaban J connectivity index is 2.00. The lowest BCUT2D eigenvalue weighted by Crippen LogP contribution is -2.33. The van der Waals surface area contributed by atoms with Crippen LogP contribution in [-0.4, -0.2) is 23.2 Å². The topological polar surface area (TPSA) is 70.3 Å². The van der Waals surface area contributed by atoms with Gasteiger partial charge < -0.3 is 15.2 Å². The molecule has 1 aromatic heterocycles. The van der Waals surface area contributed by atoms with Crippen LogP contribution in [0.4, 0.5) is 5.82 Å². The Hall–Kier alpha value is -1.20. The highest BCUT2D eigenvalue weighted by Gasteiger charge is 2.37. The standard InChI is InChI=1S/C16H25N3O2/c1-2-21-16(8-5-3-4-6-9-16)15-18-13-7-10-20-11-12(13)14(17)19-15/h2-11H2,1H3,(H2,17,18,19). The highest BCUT2D eigenvalue weighted by molar-refractivity contribution is 5.43. The van der Waals surface area contributed by atoms with Gasteiger partial charge in [-0.1, -0.05) is 25.7 Å². The Bertz CT molecular complexity index is 497. The predicted molar refractivity (Wildman–Crippen MR) is 80.8 cm³/mol. The van der Waals surface area contributed by atoms with Crippen molar-refractivity contribution in [2.45, 2.75) is 64.1 Å². The maximum atomic E-state index is 6.17. The van der Waals surface area contributed by atoms with Gasteiger partial charge in [0, 0.05) is 18.6 Å². The molecule has 0 amide bonds. The first kappa shape index (κ1) is 14.7. The number of rotatable bonds is 3. The van der Waals surface area contributed by atoms with Crippen molar-refractivity contribution in [1.29, 1.82) is 0 Å². The van der Waals surface area contributed by atoms with Gasteiger partial charge in [0.15, 0.2) is 5.82 Å². The molecule has 5 heteroatoms. The third-order valence-corrected chi connectivity index (χ3v) is 4.59. The highest BCUT2D eigenvalue weighted by atomic mass is 16.5. The summed E-state index contributed by atoms with van der Waals surface area (Å²) in [4.78, 5) is 9.44. The summed E-state index contributed by atoms with van der Waals surface area (Å²) in [5.74, 6) is 1.36. The molecule has 1 aromatic rings. The van der Waals surface area contributed by atoms with E-state index in [1.165, 1.54) is 25.7 Å². The van der Waals surface area contributed by atoms with E-state index in [0.29, 0.717) is 25.6 Å². The fraction of sp³-hybridized carbons (Fsp3) is 0.750. The molecule has 0 radical (unpaired) electrons. The molecule has 0 aromatic carbocycles. The van der Waals surface area contributed by atoms with E-state index >= 15 is 0 Å². The van der Waals surface area contributed by atoms with E-state index in [9.17, 15) is 0 Å². The average molecular weight is 291 g/mol. The van der Waals surface area contributed by atoms with E-state index in [2.05, 4.69) is 4.98 Å². The van der Waals surface area contributed by atoms with E-state index in [1.807, 2.05) is 6.92 Å². The van der Waals surface area contributed by atoms with Gasteiger partial charge in [0.25, 0.3) is 0 Å². The zero-order chi connectivity index (χ0) is 14.7. The van der Waals surface area contributed by atoms with Crippen LogP contribution in [0, 0.1) is 0 Å². The van der Waals surface area contributed by atoms with Crippen LogP contribution >= 0.6 is 0 Å². The van der Waals surface area contributed by atoms with Crippen molar-refractivity contribution >= 4 is 5.82 Å². The third-order valence-electron chi connectivity index (χ3n) is 4.59. The molecule has 1 saturated carbocycles. The van der Waals surface area contributed by atoms with E-state index in [1.54, 1.807) is 0 Å². The normalized spacial score (nSPS) is 21.6. The monoisotopic (exact) mass is 291 g/mol. The molecule has 0 atom stereocenters. The quantitative estimate of drug-likeness (QED) is 0.867. The van der Waals surface area contributed by atoms with Gasteiger partial charge in [0.2, 0.25) is 0 Å². The van der Waals surface area contributed by atoms with Crippen LogP contribution in [0.25, 0.3) is 0 Å². The average Bonchev–Trinajstić information content (AvgIpc) is 2.74. The van der Waals surface area contributed by atoms with Crippen LogP contribution in [-0.2, 0) is 28.1 Å². The van der Waals surface area contributed by atoms with E-state index in [-0.39, 0.29) is 5.60 Å². The molecule has 5 nitrogen and oxygen atoms in total. The largest absolute Gasteiger partial charge is 0.383 e. The molecule has 1 aliphatic carbocycles. The molecule has 1 fully saturated rings. The summed E-state index contributed by atoms with van der Waals surface area (Å²) in [6.07, 6.45) is 7.68. The smallest absolute Gasteiger partial charge is 0.162 e. The Kier molecular flexibility index (Phi) is 4.40. The second-order valence-corrected chi connectivity index (χ2v) is 6.00. The SMILES string of the molecule is CCOC1(c2nc(N)c3c(n2)CCOC3)CCCCCC1. The molecule has 2 N–H and O–H groups in total. The molecule has 2 aliphatic rings. The molecule has 0 spiro atoms. The maximum Gasteiger partial charge on any atom is 0.162 e. The van der Waals surface area contributed by atoms with Gasteiger partial charge >= 0.3 is 0 Å². The molecule has 2 heterocycles. The van der Waals surface area contributed by atoms with Gasteiger partial charge in [-0.05, 0) is 19.8 Å². The summed E-state index contributed by atoms with van der Waals surface area (Å²) >= 11 is 0. The number of aromatic nitrogens is 2. The van der Waals surface area contributed by atoms with E-state index in [4.69, 9.17) is 20.2 Å². The fourth-order valence-electron chi connectivity index (χ4n) is 3.47. The zero-order valence-electron chi connectivity index (χ0n) is 12.9. The van der Waals surface area contributed by atoms with Crippen molar-refractivity contribution in [1.82, 2.24) is 9.97 Å². The Labute approximate surface area is 126 Å². The van der Waals surface area contributed by atoms with Gasteiger partial charge in [-0.2, -0.15) is 0 Å². The molecule has 116 valence electrons. The van der Waals surface area contributed by atoms with Crippen LogP contribution in [0.5, 0.6) is 0 Å². The minimum atomic E-state index is -0.341. The van der Waals surface area contributed by atoms with Crippen molar-refractivity contribution in [2.75, 3.05) is 18.9 Å². The second-order valence-electron chi connectivity index (χ2n) is 6.00. The van der Waals surface area contributed by atoms with Gasteiger partial charge in [0.05, 0.1) is 18.9 Å². The number of ether oxygens (including phenoxy) is 2. The number of nitrogens with zero attached hydrogens (tertiary/aromatic N) is 2. The number of nitrogens with two attached hydrogens (primary N) is 1. The van der Waals surface area contributed by atoms with Crippen LogP contribution in [0.15, 0.2) is 0 Å². The lowest BCUT2D eigenvalue weighted by atomic mass is 9.92. The van der Waals surface area contributed by atoms with Crippen LogP contribution in [0.1, 0.15) is 62.5 Å². The molecule has 0 unspecified atom stereocenters. The first-order valence-corrected chi connectivity index (χ1v) is 8.12. The number of nitrogen functional groups attached to an aromatic ring is 1. The maximum absolute atomic E-state index is 6.17. The first-order chi connectivity index (χ1) is 10.2. The lowest BCUT2D eigenvalue weighted by Gasteiger charge is -2.32. The third kappa shape index (κ3) is 2.90. The first-order valence-electron chi connectivity index (χ1n) is 8.12. The van der Waals surface area contributed by atoms with Gasteiger partial charge in [-0.3, -0.25) is 0 Å². The summed E-state index contributed by atoms with van der Waals surface area (Å²) in [5.41, 5.74) is 7.83. The fourth-order valence-corrected chi connectivity index (χ4v) is 3.47. The molecule has 3 rings (SSSR count). The molecule has 0 saturated heterocycles. The van der Waals surface area contributed by atoms with Crippen molar-refractivity contribution in [3.05, 3.63) is 17.1 Å². The summed E-state index contributed by atoms with van der Waals surface area (Å²) in [7, 11) is 0. The van der Waals surface area contributed by atoms with Gasteiger partial charge in [0.1, 0.15) is 11.4 Å². The van der Waals surface area contributed by atoms with Crippen molar-refractivity contribution in [3.8, 4) is 0 Å². The van der Waals surface area contributed by atoms with Gasteiger partial charge in [-0.25, -0.2) is 9.97 Å². The minimum Gasteiger partial charge on any atom is -0.383 e. The number of fused-ring (bicyclic) bond motifs is 1. The second kappa shape index (κ2) is 6.28. The molecule has 1 aliphatic heterocycles. The summed E-state index contributed by atoms with van der Waals surface area (Å²) < 4.78 is 11.6.